The second-order valence-electron chi connectivity index (χ2n) is 4.40. The van der Waals surface area contributed by atoms with Crippen LogP contribution in [0.1, 0.15) is 11.1 Å². The molecule has 1 aromatic carbocycles. The number of aromatic nitrogens is 2. The van der Waals surface area contributed by atoms with Crippen molar-refractivity contribution in [1.29, 1.82) is 0 Å². The van der Waals surface area contributed by atoms with Crippen LogP contribution in [0.2, 0.25) is 5.02 Å². The molecular formula is C14H17ClN4. The molecule has 19 heavy (non-hydrogen) atoms. The molecule has 0 spiro atoms. The predicted octanol–water partition coefficient (Wildman–Crippen LogP) is 3.12. The number of anilines is 2. The summed E-state index contributed by atoms with van der Waals surface area (Å²) in [6.07, 6.45) is 1.62. The Morgan fingerprint density at radius 2 is 2.05 bits per heavy atom. The molecule has 0 unspecified atom stereocenters. The van der Waals surface area contributed by atoms with Gasteiger partial charge in [0.15, 0.2) is 5.82 Å². The van der Waals surface area contributed by atoms with Gasteiger partial charge in [0.2, 0.25) is 5.95 Å². The molecule has 0 atom stereocenters. The van der Waals surface area contributed by atoms with Crippen molar-refractivity contribution in [3.8, 4) is 0 Å². The van der Waals surface area contributed by atoms with Gasteiger partial charge < -0.3 is 10.2 Å². The van der Waals surface area contributed by atoms with E-state index in [1.54, 1.807) is 13.2 Å². The van der Waals surface area contributed by atoms with Crippen LogP contribution in [0.25, 0.3) is 0 Å². The van der Waals surface area contributed by atoms with Crippen molar-refractivity contribution >= 4 is 23.4 Å². The second-order valence-corrected chi connectivity index (χ2v) is 4.80. The number of nitrogens with one attached hydrogen (secondary N) is 1. The van der Waals surface area contributed by atoms with Gasteiger partial charge in [-0.25, -0.2) is 4.98 Å². The van der Waals surface area contributed by atoms with Crippen molar-refractivity contribution in [2.45, 2.75) is 13.5 Å². The van der Waals surface area contributed by atoms with E-state index in [2.05, 4.69) is 34.3 Å². The van der Waals surface area contributed by atoms with Crippen LogP contribution in [0.3, 0.4) is 0 Å². The summed E-state index contributed by atoms with van der Waals surface area (Å²) >= 11 is 6.16. The van der Waals surface area contributed by atoms with Crippen LogP contribution in [0.4, 0.5) is 11.8 Å². The Hall–Kier alpha value is -1.81. The van der Waals surface area contributed by atoms with E-state index >= 15 is 0 Å². The van der Waals surface area contributed by atoms with Crippen molar-refractivity contribution in [1.82, 2.24) is 9.97 Å². The van der Waals surface area contributed by atoms with E-state index in [1.165, 1.54) is 11.1 Å². The Morgan fingerprint density at radius 3 is 2.74 bits per heavy atom. The van der Waals surface area contributed by atoms with Crippen LogP contribution in [0, 0.1) is 6.92 Å². The molecule has 5 heteroatoms. The number of halogens is 1. The minimum atomic E-state index is 0.551. The fraction of sp³-hybridized carbons (Fsp3) is 0.286. The topological polar surface area (TPSA) is 41.1 Å². The first-order valence-electron chi connectivity index (χ1n) is 6.07. The minimum absolute atomic E-state index is 0.551. The van der Waals surface area contributed by atoms with Crippen LogP contribution in [-0.2, 0) is 6.54 Å². The Labute approximate surface area is 118 Å². The van der Waals surface area contributed by atoms with Gasteiger partial charge in [0.25, 0.3) is 0 Å². The van der Waals surface area contributed by atoms with Gasteiger partial charge in [-0.1, -0.05) is 35.9 Å². The molecular weight excluding hydrogens is 260 g/mol. The van der Waals surface area contributed by atoms with E-state index in [-0.39, 0.29) is 0 Å². The molecule has 0 aliphatic carbocycles. The summed E-state index contributed by atoms with van der Waals surface area (Å²) in [4.78, 5) is 10.5. The molecule has 2 aromatic rings. The first kappa shape index (κ1) is 13.6. The summed E-state index contributed by atoms with van der Waals surface area (Å²) in [5.41, 5.74) is 2.51. The van der Waals surface area contributed by atoms with E-state index in [4.69, 9.17) is 11.6 Å². The second kappa shape index (κ2) is 5.89. The molecule has 0 aliphatic heterocycles. The van der Waals surface area contributed by atoms with Gasteiger partial charge in [-0.15, -0.1) is 0 Å². The van der Waals surface area contributed by atoms with E-state index in [0.29, 0.717) is 11.0 Å². The number of nitrogens with zero attached hydrogens (tertiary/aromatic N) is 3. The molecule has 0 aliphatic rings. The molecule has 1 N–H and O–H groups in total. The Kier molecular flexibility index (Phi) is 4.22. The maximum Gasteiger partial charge on any atom is 0.224 e. The molecule has 0 bridgehead atoms. The van der Waals surface area contributed by atoms with E-state index in [0.717, 1.165) is 12.4 Å². The van der Waals surface area contributed by atoms with Gasteiger partial charge in [-0.2, -0.15) is 4.98 Å². The lowest BCUT2D eigenvalue weighted by Gasteiger charge is -2.20. The van der Waals surface area contributed by atoms with Crippen LogP contribution < -0.4 is 10.2 Å². The van der Waals surface area contributed by atoms with Gasteiger partial charge in [0, 0.05) is 20.6 Å². The maximum absolute atomic E-state index is 6.16. The monoisotopic (exact) mass is 276 g/mol. The zero-order valence-corrected chi connectivity index (χ0v) is 12.1. The number of aryl methyl sites for hydroxylation is 1. The molecule has 0 fully saturated rings. The third-order valence-electron chi connectivity index (χ3n) is 2.98. The standard InChI is InChI=1S/C14H17ClN4/c1-10-6-4-5-7-11(10)9-19(3)13-12(15)8-17-14(16-2)18-13/h4-8H,9H2,1-3H3,(H,16,17,18). The zero-order valence-electron chi connectivity index (χ0n) is 11.3. The normalized spacial score (nSPS) is 10.3. The number of hydrogen-bond acceptors (Lipinski definition) is 4. The average Bonchev–Trinajstić information content (AvgIpc) is 2.42. The summed E-state index contributed by atoms with van der Waals surface area (Å²) in [5.74, 6) is 1.29. The third kappa shape index (κ3) is 3.15. The van der Waals surface area contributed by atoms with E-state index < -0.39 is 0 Å². The minimum Gasteiger partial charge on any atom is -0.357 e. The molecule has 1 heterocycles. The maximum atomic E-state index is 6.16. The SMILES string of the molecule is CNc1ncc(Cl)c(N(C)Cc2ccccc2C)n1. The van der Waals surface area contributed by atoms with Crippen molar-refractivity contribution in [2.75, 3.05) is 24.3 Å². The lowest BCUT2D eigenvalue weighted by molar-refractivity contribution is 0.885. The van der Waals surface area contributed by atoms with E-state index in [1.807, 2.05) is 24.1 Å². The summed E-state index contributed by atoms with van der Waals surface area (Å²) in [6, 6.07) is 8.29. The Bertz CT molecular complexity index is 571. The van der Waals surface area contributed by atoms with Gasteiger partial charge >= 0.3 is 0 Å². The number of benzene rings is 1. The molecule has 0 amide bonds. The van der Waals surface area contributed by atoms with Crippen LogP contribution >= 0.6 is 11.6 Å². The summed E-state index contributed by atoms with van der Waals surface area (Å²) < 4.78 is 0. The molecule has 2 rings (SSSR count). The molecule has 4 nitrogen and oxygen atoms in total. The van der Waals surface area contributed by atoms with Crippen LogP contribution in [-0.4, -0.2) is 24.1 Å². The smallest absolute Gasteiger partial charge is 0.224 e. The lowest BCUT2D eigenvalue weighted by atomic mass is 10.1. The van der Waals surface area contributed by atoms with Crippen LogP contribution in [0.5, 0.6) is 0 Å². The zero-order chi connectivity index (χ0) is 13.8. The molecule has 0 saturated carbocycles. The van der Waals surface area contributed by atoms with E-state index in [9.17, 15) is 0 Å². The summed E-state index contributed by atoms with van der Waals surface area (Å²) in [5, 5.41) is 3.47. The first-order chi connectivity index (χ1) is 9.11. The Morgan fingerprint density at radius 1 is 1.32 bits per heavy atom. The van der Waals surface area contributed by atoms with Gasteiger partial charge in [-0.3, -0.25) is 0 Å². The van der Waals surface area contributed by atoms with Crippen molar-refractivity contribution in [3.05, 3.63) is 46.6 Å². The fourth-order valence-corrected chi connectivity index (χ4v) is 2.10. The van der Waals surface area contributed by atoms with Crippen molar-refractivity contribution < 1.29 is 0 Å². The molecule has 0 saturated heterocycles. The highest BCUT2D eigenvalue weighted by molar-refractivity contribution is 6.32. The quantitative estimate of drug-likeness (QED) is 0.932. The molecule has 0 radical (unpaired) electrons. The first-order valence-corrected chi connectivity index (χ1v) is 6.45. The lowest BCUT2D eigenvalue weighted by Crippen LogP contribution is -2.19. The van der Waals surface area contributed by atoms with Crippen LogP contribution in [0.15, 0.2) is 30.5 Å². The highest BCUT2D eigenvalue weighted by Crippen LogP contribution is 2.24. The highest BCUT2D eigenvalue weighted by Gasteiger charge is 2.11. The fourth-order valence-electron chi connectivity index (χ4n) is 1.86. The van der Waals surface area contributed by atoms with Crippen molar-refractivity contribution in [2.24, 2.45) is 0 Å². The highest BCUT2D eigenvalue weighted by atomic mass is 35.5. The largest absolute Gasteiger partial charge is 0.357 e. The summed E-state index contributed by atoms with van der Waals surface area (Å²) in [7, 11) is 3.76. The molecule has 100 valence electrons. The van der Waals surface area contributed by atoms with Crippen molar-refractivity contribution in [3.63, 3.8) is 0 Å². The van der Waals surface area contributed by atoms with Gasteiger partial charge in [0.1, 0.15) is 5.02 Å². The molecule has 1 aromatic heterocycles. The number of rotatable bonds is 4. The Balaban J connectivity index is 2.25. The van der Waals surface area contributed by atoms with Gasteiger partial charge in [0.05, 0.1) is 6.20 Å². The average molecular weight is 277 g/mol. The third-order valence-corrected chi connectivity index (χ3v) is 3.25. The predicted molar refractivity (Wildman–Crippen MR) is 79.9 cm³/mol. The van der Waals surface area contributed by atoms with Gasteiger partial charge in [-0.05, 0) is 18.1 Å². The number of hydrogen-bond donors (Lipinski definition) is 1. The summed E-state index contributed by atoms with van der Waals surface area (Å²) in [6.45, 7) is 2.86.